The molecule has 3 heteroatoms. The van der Waals surface area contributed by atoms with E-state index in [4.69, 9.17) is 5.26 Å². The average molecular weight is 155 g/mol. The van der Waals surface area contributed by atoms with Gasteiger partial charge in [0.2, 0.25) is 0 Å². The molecule has 12 heavy (non-hydrogen) atoms. The fourth-order valence-electron chi connectivity index (χ4n) is 1.03. The molecule has 0 spiro atoms. The molecule has 0 aromatic carbocycles. The standard InChI is InChI=1S/C9H5N3/c10-5-7-4-8-2-1-3-11-9(8)12-6-7/h1-4,6H. The van der Waals surface area contributed by atoms with Crippen molar-refractivity contribution in [3.05, 3.63) is 36.2 Å². The van der Waals surface area contributed by atoms with Crippen molar-refractivity contribution in [3.63, 3.8) is 0 Å². The van der Waals surface area contributed by atoms with Crippen LogP contribution in [0.3, 0.4) is 0 Å². The van der Waals surface area contributed by atoms with Gasteiger partial charge in [-0.15, -0.1) is 0 Å². The number of nitriles is 1. The van der Waals surface area contributed by atoms with E-state index in [-0.39, 0.29) is 0 Å². The third kappa shape index (κ3) is 0.995. The molecule has 0 radical (unpaired) electrons. The smallest absolute Gasteiger partial charge is 0.159 e. The van der Waals surface area contributed by atoms with E-state index in [2.05, 4.69) is 9.97 Å². The molecule has 0 saturated heterocycles. The maximum absolute atomic E-state index is 8.59. The summed E-state index contributed by atoms with van der Waals surface area (Å²) in [6, 6.07) is 7.51. The first kappa shape index (κ1) is 6.74. The summed E-state index contributed by atoms with van der Waals surface area (Å²) in [5.74, 6) is 0. The molecule has 0 amide bonds. The van der Waals surface area contributed by atoms with E-state index in [0.717, 1.165) is 5.39 Å². The molecule has 0 unspecified atom stereocenters. The topological polar surface area (TPSA) is 49.6 Å². The van der Waals surface area contributed by atoms with Crippen LogP contribution >= 0.6 is 0 Å². The Morgan fingerprint density at radius 2 is 2.25 bits per heavy atom. The summed E-state index contributed by atoms with van der Waals surface area (Å²) < 4.78 is 0. The molecule has 0 fully saturated rings. The van der Waals surface area contributed by atoms with Gasteiger partial charge in [0.1, 0.15) is 6.07 Å². The fourth-order valence-corrected chi connectivity index (χ4v) is 1.03. The maximum Gasteiger partial charge on any atom is 0.159 e. The Morgan fingerprint density at radius 3 is 3.08 bits per heavy atom. The van der Waals surface area contributed by atoms with E-state index in [9.17, 15) is 0 Å². The molecule has 0 aliphatic rings. The highest BCUT2D eigenvalue weighted by molar-refractivity contribution is 5.75. The van der Waals surface area contributed by atoms with Crippen LogP contribution in [-0.2, 0) is 0 Å². The van der Waals surface area contributed by atoms with Gasteiger partial charge >= 0.3 is 0 Å². The molecule has 0 N–H and O–H groups in total. The highest BCUT2D eigenvalue weighted by Crippen LogP contribution is 2.08. The molecule has 0 aliphatic heterocycles. The molecule has 56 valence electrons. The third-order valence-corrected chi connectivity index (χ3v) is 1.58. The average Bonchev–Trinajstić information content (AvgIpc) is 2.17. The summed E-state index contributed by atoms with van der Waals surface area (Å²) in [5, 5.41) is 9.49. The lowest BCUT2D eigenvalue weighted by Gasteiger charge is -1.93. The van der Waals surface area contributed by atoms with Gasteiger partial charge in [-0.1, -0.05) is 0 Å². The first-order valence-corrected chi connectivity index (χ1v) is 3.51. The number of hydrogen-bond acceptors (Lipinski definition) is 3. The molecule has 3 nitrogen and oxygen atoms in total. The van der Waals surface area contributed by atoms with Gasteiger partial charge in [-0.2, -0.15) is 5.26 Å². The largest absolute Gasteiger partial charge is 0.237 e. The first-order valence-electron chi connectivity index (χ1n) is 3.51. The molecule has 0 atom stereocenters. The number of aromatic nitrogens is 2. The van der Waals surface area contributed by atoms with Crippen LogP contribution < -0.4 is 0 Å². The Hall–Kier alpha value is -1.95. The SMILES string of the molecule is N#Cc1cnc2ncccc2c1. The number of rotatable bonds is 0. The minimum atomic E-state index is 0.565. The van der Waals surface area contributed by atoms with Crippen molar-refractivity contribution >= 4 is 11.0 Å². The van der Waals surface area contributed by atoms with Gasteiger partial charge in [-0.05, 0) is 18.2 Å². The van der Waals surface area contributed by atoms with Gasteiger partial charge in [-0.25, -0.2) is 9.97 Å². The molecule has 0 bridgehead atoms. The van der Waals surface area contributed by atoms with Crippen LogP contribution in [-0.4, -0.2) is 9.97 Å². The van der Waals surface area contributed by atoms with Crippen LogP contribution in [0.2, 0.25) is 0 Å². The van der Waals surface area contributed by atoms with E-state index in [1.807, 2.05) is 18.2 Å². The van der Waals surface area contributed by atoms with Crippen molar-refractivity contribution in [2.24, 2.45) is 0 Å². The van der Waals surface area contributed by atoms with E-state index in [1.165, 1.54) is 6.20 Å². The van der Waals surface area contributed by atoms with E-state index in [0.29, 0.717) is 11.2 Å². The van der Waals surface area contributed by atoms with Crippen LogP contribution in [0.15, 0.2) is 30.6 Å². The zero-order valence-electron chi connectivity index (χ0n) is 6.23. The van der Waals surface area contributed by atoms with Crippen molar-refractivity contribution in [3.8, 4) is 6.07 Å². The van der Waals surface area contributed by atoms with Crippen molar-refractivity contribution in [1.29, 1.82) is 5.26 Å². The number of pyridine rings is 2. The molecular weight excluding hydrogens is 150 g/mol. The molecule has 2 aromatic heterocycles. The lowest BCUT2D eigenvalue weighted by Crippen LogP contribution is -1.83. The molecule has 0 aliphatic carbocycles. The van der Waals surface area contributed by atoms with Crippen molar-refractivity contribution in [2.45, 2.75) is 0 Å². The zero-order chi connectivity index (χ0) is 8.39. The minimum Gasteiger partial charge on any atom is -0.237 e. The Balaban J connectivity index is 2.78. The maximum atomic E-state index is 8.59. The van der Waals surface area contributed by atoms with Crippen molar-refractivity contribution in [2.75, 3.05) is 0 Å². The minimum absolute atomic E-state index is 0.565. The highest BCUT2D eigenvalue weighted by Gasteiger charge is 1.95. The summed E-state index contributed by atoms with van der Waals surface area (Å²) in [4.78, 5) is 8.05. The van der Waals surface area contributed by atoms with Crippen LogP contribution in [0.4, 0.5) is 0 Å². The molecule has 2 aromatic rings. The monoisotopic (exact) mass is 155 g/mol. The summed E-state index contributed by atoms with van der Waals surface area (Å²) in [6.07, 6.45) is 3.21. The number of nitrogens with zero attached hydrogens (tertiary/aromatic N) is 3. The predicted octanol–water partition coefficient (Wildman–Crippen LogP) is 1.50. The summed E-state index contributed by atoms with van der Waals surface area (Å²) in [6.45, 7) is 0. The van der Waals surface area contributed by atoms with Crippen molar-refractivity contribution in [1.82, 2.24) is 9.97 Å². The normalized spacial score (nSPS) is 9.58. The molecular formula is C9H5N3. The van der Waals surface area contributed by atoms with Gasteiger partial charge < -0.3 is 0 Å². The lowest BCUT2D eigenvalue weighted by atomic mass is 10.2. The van der Waals surface area contributed by atoms with Gasteiger partial charge in [0, 0.05) is 17.8 Å². The van der Waals surface area contributed by atoms with Crippen LogP contribution in [0.1, 0.15) is 5.56 Å². The highest BCUT2D eigenvalue weighted by atomic mass is 14.8. The zero-order valence-corrected chi connectivity index (χ0v) is 6.23. The Morgan fingerprint density at radius 1 is 1.33 bits per heavy atom. The number of hydrogen-bond donors (Lipinski definition) is 0. The van der Waals surface area contributed by atoms with Gasteiger partial charge in [0.05, 0.1) is 5.56 Å². The summed E-state index contributed by atoms with van der Waals surface area (Å²) in [5.41, 5.74) is 1.24. The second-order valence-corrected chi connectivity index (χ2v) is 2.39. The van der Waals surface area contributed by atoms with Crippen LogP contribution in [0.25, 0.3) is 11.0 Å². The van der Waals surface area contributed by atoms with Crippen LogP contribution in [0, 0.1) is 11.3 Å². The van der Waals surface area contributed by atoms with Crippen LogP contribution in [0.5, 0.6) is 0 Å². The number of fused-ring (bicyclic) bond motifs is 1. The second kappa shape index (κ2) is 2.59. The molecule has 0 saturated carbocycles. The van der Waals surface area contributed by atoms with E-state index in [1.54, 1.807) is 12.3 Å². The third-order valence-electron chi connectivity index (χ3n) is 1.58. The molecule has 2 rings (SSSR count). The lowest BCUT2D eigenvalue weighted by molar-refractivity contribution is 1.27. The van der Waals surface area contributed by atoms with Gasteiger partial charge in [-0.3, -0.25) is 0 Å². The summed E-state index contributed by atoms with van der Waals surface area (Å²) in [7, 11) is 0. The Labute approximate surface area is 69.3 Å². The quantitative estimate of drug-likeness (QED) is 0.579. The second-order valence-electron chi connectivity index (χ2n) is 2.39. The van der Waals surface area contributed by atoms with E-state index < -0.39 is 0 Å². The van der Waals surface area contributed by atoms with E-state index >= 15 is 0 Å². The molecule has 2 heterocycles. The Kier molecular flexibility index (Phi) is 1.45. The Bertz CT molecular complexity index is 457. The first-order chi connectivity index (χ1) is 5.90. The van der Waals surface area contributed by atoms with Gasteiger partial charge in [0.25, 0.3) is 0 Å². The predicted molar refractivity (Wildman–Crippen MR) is 44.3 cm³/mol. The summed E-state index contributed by atoms with van der Waals surface area (Å²) >= 11 is 0. The fraction of sp³-hybridized carbons (Fsp3) is 0. The van der Waals surface area contributed by atoms with Gasteiger partial charge in [0.15, 0.2) is 5.65 Å². The van der Waals surface area contributed by atoms with Crippen molar-refractivity contribution < 1.29 is 0 Å².